The Balaban J connectivity index is 1.61. The number of halogens is 1. The van der Waals surface area contributed by atoms with Crippen LogP contribution in [0.2, 0.25) is 0 Å². The van der Waals surface area contributed by atoms with Gasteiger partial charge in [0, 0.05) is 6.42 Å². The van der Waals surface area contributed by atoms with Crippen LogP contribution in [0.25, 0.3) is 0 Å². The highest BCUT2D eigenvalue weighted by atomic mass is 32.2. The summed E-state index contributed by atoms with van der Waals surface area (Å²) in [6, 6.07) is 12.9. The van der Waals surface area contributed by atoms with Gasteiger partial charge in [-0.05, 0) is 36.8 Å². The molecule has 2 aromatic carbocycles. The second-order valence-corrected chi connectivity index (χ2v) is 7.34. The lowest BCUT2D eigenvalue weighted by atomic mass is 10.1. The first-order valence-electron chi connectivity index (χ1n) is 8.75. The summed E-state index contributed by atoms with van der Waals surface area (Å²) in [4.78, 5) is 24.4. The average Bonchev–Trinajstić information content (AvgIpc) is 3.06. The summed E-state index contributed by atoms with van der Waals surface area (Å²) in [6.07, 6.45) is -0.0196. The van der Waals surface area contributed by atoms with E-state index in [4.69, 9.17) is 4.74 Å². The number of amidine groups is 1. The molecular formula is C20H19FN4O3S. The lowest BCUT2D eigenvalue weighted by Gasteiger charge is -2.10. The van der Waals surface area contributed by atoms with Crippen LogP contribution in [-0.2, 0) is 9.59 Å². The molecule has 1 saturated heterocycles. The number of anilines is 1. The fourth-order valence-corrected chi connectivity index (χ4v) is 3.49. The van der Waals surface area contributed by atoms with Crippen LogP contribution in [-0.4, -0.2) is 35.1 Å². The van der Waals surface area contributed by atoms with E-state index in [-0.39, 0.29) is 24.1 Å². The predicted molar refractivity (Wildman–Crippen MR) is 112 cm³/mol. The van der Waals surface area contributed by atoms with E-state index < -0.39 is 5.25 Å². The largest absolute Gasteiger partial charge is 0.495 e. The molecule has 0 spiro atoms. The number of methoxy groups -OCH3 is 1. The molecule has 0 aliphatic carbocycles. The van der Waals surface area contributed by atoms with Gasteiger partial charge in [0.1, 0.15) is 16.8 Å². The molecule has 2 amide bonds. The molecule has 150 valence electrons. The van der Waals surface area contributed by atoms with Gasteiger partial charge in [0.2, 0.25) is 11.8 Å². The van der Waals surface area contributed by atoms with E-state index >= 15 is 0 Å². The summed E-state index contributed by atoms with van der Waals surface area (Å²) in [5.74, 6) is -0.411. The Morgan fingerprint density at radius 1 is 1.24 bits per heavy atom. The van der Waals surface area contributed by atoms with Crippen molar-refractivity contribution in [2.24, 2.45) is 10.2 Å². The van der Waals surface area contributed by atoms with Gasteiger partial charge in [-0.15, -0.1) is 5.10 Å². The zero-order valence-corrected chi connectivity index (χ0v) is 16.6. The Kier molecular flexibility index (Phi) is 6.61. The highest BCUT2D eigenvalue weighted by Crippen LogP contribution is 2.26. The van der Waals surface area contributed by atoms with E-state index in [2.05, 4.69) is 20.8 Å². The Labute approximate surface area is 171 Å². The zero-order valence-electron chi connectivity index (χ0n) is 15.8. The molecule has 1 aliphatic rings. The number of hydrogen-bond acceptors (Lipinski definition) is 6. The molecule has 2 N–H and O–H groups in total. The summed E-state index contributed by atoms with van der Waals surface area (Å²) in [7, 11) is 1.52. The minimum atomic E-state index is -0.607. The Hall–Kier alpha value is -3.20. The molecule has 1 heterocycles. The van der Waals surface area contributed by atoms with E-state index in [0.29, 0.717) is 22.3 Å². The third-order valence-corrected chi connectivity index (χ3v) is 5.15. The van der Waals surface area contributed by atoms with Gasteiger partial charge in [-0.1, -0.05) is 36.0 Å². The predicted octanol–water partition coefficient (Wildman–Crippen LogP) is 3.17. The van der Waals surface area contributed by atoms with E-state index in [0.717, 1.165) is 17.3 Å². The fraction of sp³-hybridized carbons (Fsp3) is 0.200. The number of carbonyl (C=O) groups is 2. The van der Waals surface area contributed by atoms with Crippen molar-refractivity contribution in [1.29, 1.82) is 0 Å². The third kappa shape index (κ3) is 5.41. The molecule has 29 heavy (non-hydrogen) atoms. The minimum Gasteiger partial charge on any atom is -0.495 e. The quantitative estimate of drug-likeness (QED) is 0.561. The number of thioether (sulfide) groups is 1. The Morgan fingerprint density at radius 3 is 2.69 bits per heavy atom. The van der Waals surface area contributed by atoms with Crippen molar-refractivity contribution in [3.63, 3.8) is 0 Å². The number of para-hydroxylation sites is 2. The van der Waals surface area contributed by atoms with Crippen LogP contribution in [0.3, 0.4) is 0 Å². The molecule has 0 radical (unpaired) electrons. The molecule has 0 saturated carbocycles. The number of nitrogens with zero attached hydrogens (tertiary/aromatic N) is 2. The van der Waals surface area contributed by atoms with Crippen LogP contribution in [0.15, 0.2) is 58.7 Å². The summed E-state index contributed by atoms with van der Waals surface area (Å²) >= 11 is 1.14. The fourth-order valence-electron chi connectivity index (χ4n) is 2.57. The van der Waals surface area contributed by atoms with Crippen molar-refractivity contribution in [1.82, 2.24) is 5.32 Å². The number of nitrogens with one attached hydrogen (secondary N) is 2. The molecule has 0 bridgehead atoms. The topological polar surface area (TPSA) is 92.2 Å². The number of hydrogen-bond donors (Lipinski definition) is 2. The van der Waals surface area contributed by atoms with Gasteiger partial charge in [0.25, 0.3) is 0 Å². The summed E-state index contributed by atoms with van der Waals surface area (Å²) in [5.41, 5.74) is 1.83. The second-order valence-electron chi connectivity index (χ2n) is 6.15. The molecule has 9 heteroatoms. The average molecular weight is 414 g/mol. The highest BCUT2D eigenvalue weighted by Gasteiger charge is 2.32. The van der Waals surface area contributed by atoms with Crippen molar-refractivity contribution >= 4 is 40.1 Å². The van der Waals surface area contributed by atoms with Crippen LogP contribution in [0.5, 0.6) is 5.75 Å². The summed E-state index contributed by atoms with van der Waals surface area (Å²) in [5, 5.41) is 13.2. The zero-order chi connectivity index (χ0) is 20.8. The maximum atomic E-state index is 13.0. The first-order chi connectivity index (χ1) is 14.0. The summed E-state index contributed by atoms with van der Waals surface area (Å²) in [6.45, 7) is 1.73. The molecule has 7 nitrogen and oxygen atoms in total. The SMILES string of the molecule is COc1ccccc1NC(=O)C[C@@H]1S/C(=N\N=C(\C)c2ccc(F)cc2)NC1=O. The van der Waals surface area contributed by atoms with Crippen LogP contribution < -0.4 is 15.4 Å². The standard InChI is InChI=1S/C20H19FN4O3S/c1-12(13-7-9-14(21)10-8-13)24-25-20-23-19(27)17(29-20)11-18(26)22-15-5-3-4-6-16(15)28-2/h3-10,17H,11H2,1-2H3,(H,22,26)(H,23,25,27)/b24-12-/t17-/m0/s1. The maximum Gasteiger partial charge on any atom is 0.240 e. The molecule has 1 atom stereocenters. The van der Waals surface area contributed by atoms with Gasteiger partial charge >= 0.3 is 0 Å². The molecular weight excluding hydrogens is 395 g/mol. The van der Waals surface area contributed by atoms with Crippen molar-refractivity contribution in [2.45, 2.75) is 18.6 Å². The number of benzene rings is 2. The molecule has 1 aliphatic heterocycles. The van der Waals surface area contributed by atoms with Gasteiger partial charge in [-0.2, -0.15) is 5.10 Å². The van der Waals surface area contributed by atoms with E-state index in [9.17, 15) is 14.0 Å². The van der Waals surface area contributed by atoms with E-state index in [1.165, 1.54) is 19.2 Å². The van der Waals surface area contributed by atoms with Gasteiger partial charge in [0.05, 0.1) is 18.5 Å². The first kappa shape index (κ1) is 20.5. The molecule has 0 aromatic heterocycles. The maximum absolute atomic E-state index is 13.0. The van der Waals surface area contributed by atoms with Gasteiger partial charge in [-0.3, -0.25) is 9.59 Å². The molecule has 3 rings (SSSR count). The van der Waals surface area contributed by atoms with Crippen molar-refractivity contribution in [3.05, 3.63) is 59.9 Å². The summed E-state index contributed by atoms with van der Waals surface area (Å²) < 4.78 is 18.2. The van der Waals surface area contributed by atoms with Crippen LogP contribution in [0.4, 0.5) is 10.1 Å². The lowest BCUT2D eigenvalue weighted by molar-refractivity contribution is -0.122. The van der Waals surface area contributed by atoms with E-state index in [1.807, 2.05) is 0 Å². The van der Waals surface area contributed by atoms with Crippen LogP contribution in [0.1, 0.15) is 18.9 Å². The monoisotopic (exact) mass is 414 g/mol. The van der Waals surface area contributed by atoms with Gasteiger partial charge in [-0.25, -0.2) is 4.39 Å². The first-order valence-corrected chi connectivity index (χ1v) is 9.63. The minimum absolute atomic E-state index is 0.0196. The molecule has 2 aromatic rings. The highest BCUT2D eigenvalue weighted by molar-refractivity contribution is 8.15. The van der Waals surface area contributed by atoms with E-state index in [1.54, 1.807) is 43.3 Å². The second kappa shape index (κ2) is 9.33. The molecule has 1 fully saturated rings. The van der Waals surface area contributed by atoms with Gasteiger partial charge < -0.3 is 15.4 Å². The van der Waals surface area contributed by atoms with Crippen LogP contribution in [0, 0.1) is 5.82 Å². The number of carbonyl (C=O) groups excluding carboxylic acids is 2. The Bertz CT molecular complexity index is 976. The smallest absolute Gasteiger partial charge is 0.240 e. The number of rotatable bonds is 6. The van der Waals surface area contributed by atoms with Crippen LogP contribution >= 0.6 is 11.8 Å². The van der Waals surface area contributed by atoms with Crippen molar-refractivity contribution in [3.8, 4) is 5.75 Å². The van der Waals surface area contributed by atoms with Crippen molar-refractivity contribution < 1.29 is 18.7 Å². The lowest BCUT2D eigenvalue weighted by Crippen LogP contribution is -2.28. The number of amides is 2. The number of ether oxygens (including phenoxy) is 1. The Morgan fingerprint density at radius 2 is 1.97 bits per heavy atom. The van der Waals surface area contributed by atoms with Crippen molar-refractivity contribution in [2.75, 3.05) is 12.4 Å². The third-order valence-electron chi connectivity index (χ3n) is 4.08. The van der Waals surface area contributed by atoms with Gasteiger partial charge in [0.15, 0.2) is 5.17 Å². The molecule has 0 unspecified atom stereocenters. The normalized spacial score (nSPS) is 17.9.